The first-order valence-corrected chi connectivity index (χ1v) is 7.63. The molecule has 1 amide bonds. The highest BCUT2D eigenvalue weighted by Crippen LogP contribution is 2.21. The van der Waals surface area contributed by atoms with Gasteiger partial charge < -0.3 is 4.74 Å². The van der Waals surface area contributed by atoms with E-state index in [9.17, 15) is 14.9 Å². The van der Waals surface area contributed by atoms with Gasteiger partial charge in [0.05, 0.1) is 18.2 Å². The summed E-state index contributed by atoms with van der Waals surface area (Å²) in [7, 11) is 1.54. The van der Waals surface area contributed by atoms with Gasteiger partial charge in [-0.3, -0.25) is 14.9 Å². The summed E-state index contributed by atoms with van der Waals surface area (Å²) in [6.45, 7) is 1.57. The summed E-state index contributed by atoms with van der Waals surface area (Å²) >= 11 is 3.35. The SMILES string of the molecule is COc1ccc(Br)cc1/C=N/NC(=O)c1ccc([N+](=O)[O-])c(C)c1. The number of hydrogen-bond acceptors (Lipinski definition) is 5. The number of nitro groups is 1. The molecule has 2 aromatic rings. The lowest BCUT2D eigenvalue weighted by Gasteiger charge is -2.05. The van der Waals surface area contributed by atoms with Crippen molar-refractivity contribution in [1.82, 2.24) is 5.43 Å². The van der Waals surface area contributed by atoms with Gasteiger partial charge in [0.2, 0.25) is 0 Å². The molecular weight excluding hydrogens is 378 g/mol. The topological polar surface area (TPSA) is 93.8 Å². The zero-order valence-corrected chi connectivity index (χ0v) is 14.5. The number of benzene rings is 2. The van der Waals surface area contributed by atoms with E-state index >= 15 is 0 Å². The molecule has 0 fully saturated rings. The lowest BCUT2D eigenvalue weighted by molar-refractivity contribution is -0.385. The first-order valence-electron chi connectivity index (χ1n) is 6.84. The normalized spacial score (nSPS) is 10.6. The Bertz CT molecular complexity index is 821. The quantitative estimate of drug-likeness (QED) is 0.479. The first-order chi connectivity index (χ1) is 11.4. The predicted octanol–water partition coefficient (Wildman–Crippen LogP) is 3.44. The van der Waals surface area contributed by atoms with Crippen LogP contribution in [-0.2, 0) is 0 Å². The van der Waals surface area contributed by atoms with Crippen LogP contribution < -0.4 is 10.2 Å². The van der Waals surface area contributed by atoms with Crippen molar-refractivity contribution in [3.63, 3.8) is 0 Å². The maximum Gasteiger partial charge on any atom is 0.272 e. The van der Waals surface area contributed by atoms with Crippen molar-refractivity contribution in [1.29, 1.82) is 0 Å². The predicted molar refractivity (Wildman–Crippen MR) is 93.6 cm³/mol. The van der Waals surface area contributed by atoms with E-state index in [0.717, 1.165) is 4.47 Å². The Kier molecular flexibility index (Phi) is 5.64. The molecule has 0 aliphatic rings. The van der Waals surface area contributed by atoms with Gasteiger partial charge in [-0.1, -0.05) is 15.9 Å². The number of nitrogens with zero attached hydrogens (tertiary/aromatic N) is 2. The molecule has 1 N–H and O–H groups in total. The molecule has 24 heavy (non-hydrogen) atoms. The maximum absolute atomic E-state index is 12.1. The Morgan fingerprint density at radius 3 is 2.71 bits per heavy atom. The summed E-state index contributed by atoms with van der Waals surface area (Å²) in [6, 6.07) is 9.52. The number of amides is 1. The molecule has 0 saturated heterocycles. The third-order valence-corrected chi connectivity index (χ3v) is 3.71. The second-order valence-corrected chi connectivity index (χ2v) is 5.76. The molecule has 2 aromatic carbocycles. The van der Waals surface area contributed by atoms with Crippen molar-refractivity contribution in [3.05, 3.63) is 67.7 Å². The Morgan fingerprint density at radius 1 is 1.33 bits per heavy atom. The van der Waals surface area contributed by atoms with Crippen LogP contribution in [0.25, 0.3) is 0 Å². The third kappa shape index (κ3) is 4.17. The summed E-state index contributed by atoms with van der Waals surface area (Å²) in [5.41, 5.74) is 3.73. The standard InChI is InChI=1S/C16H14BrN3O4/c1-10-7-11(3-5-14(10)20(22)23)16(21)19-18-9-12-8-13(17)4-6-15(12)24-2/h3-9H,1-2H3,(H,19,21)/b18-9+. The monoisotopic (exact) mass is 391 g/mol. The Morgan fingerprint density at radius 2 is 2.08 bits per heavy atom. The van der Waals surface area contributed by atoms with Gasteiger partial charge in [0.15, 0.2) is 0 Å². The third-order valence-electron chi connectivity index (χ3n) is 3.22. The molecular formula is C16H14BrN3O4. The van der Waals surface area contributed by atoms with Gasteiger partial charge in [0.25, 0.3) is 11.6 Å². The first kappa shape index (κ1) is 17.6. The molecule has 0 radical (unpaired) electrons. The van der Waals surface area contributed by atoms with E-state index in [1.54, 1.807) is 26.2 Å². The summed E-state index contributed by atoms with van der Waals surface area (Å²) in [5.74, 6) is 0.153. The second kappa shape index (κ2) is 7.69. The zero-order valence-electron chi connectivity index (χ0n) is 12.9. The molecule has 0 aromatic heterocycles. The zero-order chi connectivity index (χ0) is 17.7. The second-order valence-electron chi connectivity index (χ2n) is 4.84. The van der Waals surface area contributed by atoms with Crippen LogP contribution in [0.2, 0.25) is 0 Å². The van der Waals surface area contributed by atoms with Crippen LogP contribution in [0, 0.1) is 17.0 Å². The Balaban J connectivity index is 2.12. The fourth-order valence-electron chi connectivity index (χ4n) is 2.03. The van der Waals surface area contributed by atoms with Crippen LogP contribution >= 0.6 is 15.9 Å². The van der Waals surface area contributed by atoms with E-state index in [0.29, 0.717) is 16.9 Å². The number of halogens is 1. The van der Waals surface area contributed by atoms with Crippen LogP contribution in [0.5, 0.6) is 5.75 Å². The number of nitrogens with one attached hydrogen (secondary N) is 1. The molecule has 7 nitrogen and oxygen atoms in total. The highest BCUT2D eigenvalue weighted by molar-refractivity contribution is 9.10. The number of carbonyl (C=O) groups excluding carboxylic acids is 1. The number of carbonyl (C=O) groups is 1. The average Bonchev–Trinajstić information content (AvgIpc) is 2.54. The van der Waals surface area contributed by atoms with Gasteiger partial charge in [-0.05, 0) is 37.3 Å². The van der Waals surface area contributed by atoms with Gasteiger partial charge >= 0.3 is 0 Å². The molecule has 124 valence electrons. The summed E-state index contributed by atoms with van der Waals surface area (Å²) < 4.78 is 6.05. The van der Waals surface area contributed by atoms with E-state index in [-0.39, 0.29) is 11.3 Å². The summed E-state index contributed by atoms with van der Waals surface area (Å²) in [6.07, 6.45) is 1.46. The van der Waals surface area contributed by atoms with Crippen LogP contribution in [-0.4, -0.2) is 24.2 Å². The van der Waals surface area contributed by atoms with Gasteiger partial charge in [-0.2, -0.15) is 5.10 Å². The Labute approximate surface area is 146 Å². The van der Waals surface area contributed by atoms with Gasteiger partial charge in [0.1, 0.15) is 5.75 Å². The number of hydrogen-bond donors (Lipinski definition) is 1. The lowest BCUT2D eigenvalue weighted by atomic mass is 10.1. The van der Waals surface area contributed by atoms with Crippen LogP contribution in [0.1, 0.15) is 21.5 Å². The number of rotatable bonds is 5. The number of hydrazone groups is 1. The van der Waals surface area contributed by atoms with Gasteiger partial charge in [-0.25, -0.2) is 5.43 Å². The largest absolute Gasteiger partial charge is 0.496 e. The molecule has 8 heteroatoms. The van der Waals surface area contributed by atoms with Gasteiger partial charge in [-0.15, -0.1) is 0 Å². The van der Waals surface area contributed by atoms with E-state index < -0.39 is 10.8 Å². The van der Waals surface area contributed by atoms with Gasteiger partial charge in [0, 0.05) is 27.2 Å². The smallest absolute Gasteiger partial charge is 0.272 e. The van der Waals surface area contributed by atoms with E-state index in [1.165, 1.54) is 24.4 Å². The van der Waals surface area contributed by atoms with Crippen molar-refractivity contribution in [2.75, 3.05) is 7.11 Å². The lowest BCUT2D eigenvalue weighted by Crippen LogP contribution is -2.17. The molecule has 0 heterocycles. The molecule has 0 aliphatic heterocycles. The molecule has 0 saturated carbocycles. The number of nitro benzene ring substituents is 1. The van der Waals surface area contributed by atoms with Crippen molar-refractivity contribution in [2.24, 2.45) is 5.10 Å². The van der Waals surface area contributed by atoms with E-state index in [1.807, 2.05) is 6.07 Å². The minimum absolute atomic E-state index is 0.0334. The van der Waals surface area contributed by atoms with Crippen LogP contribution in [0.3, 0.4) is 0 Å². The Hall–Kier alpha value is -2.74. The fourth-order valence-corrected chi connectivity index (χ4v) is 2.41. The highest BCUT2D eigenvalue weighted by atomic mass is 79.9. The molecule has 2 rings (SSSR count). The fraction of sp³-hybridized carbons (Fsp3) is 0.125. The molecule has 0 atom stereocenters. The maximum atomic E-state index is 12.1. The number of aryl methyl sites for hydroxylation is 1. The number of methoxy groups -OCH3 is 1. The van der Waals surface area contributed by atoms with Crippen molar-refractivity contribution in [2.45, 2.75) is 6.92 Å². The molecule has 0 unspecified atom stereocenters. The summed E-state index contributed by atoms with van der Waals surface area (Å²) in [5, 5.41) is 14.7. The van der Waals surface area contributed by atoms with Crippen molar-refractivity contribution in [3.8, 4) is 5.75 Å². The van der Waals surface area contributed by atoms with Crippen LogP contribution in [0.4, 0.5) is 5.69 Å². The molecule has 0 aliphatic carbocycles. The van der Waals surface area contributed by atoms with E-state index in [2.05, 4.69) is 26.5 Å². The molecule has 0 bridgehead atoms. The number of ether oxygens (including phenoxy) is 1. The minimum Gasteiger partial charge on any atom is -0.496 e. The minimum atomic E-state index is -0.491. The van der Waals surface area contributed by atoms with Crippen LogP contribution in [0.15, 0.2) is 46.0 Å². The van der Waals surface area contributed by atoms with Crippen molar-refractivity contribution < 1.29 is 14.5 Å². The van der Waals surface area contributed by atoms with Crippen molar-refractivity contribution >= 4 is 33.7 Å². The highest BCUT2D eigenvalue weighted by Gasteiger charge is 2.13. The average molecular weight is 392 g/mol. The molecule has 0 spiro atoms. The summed E-state index contributed by atoms with van der Waals surface area (Å²) in [4.78, 5) is 22.3. The van der Waals surface area contributed by atoms with E-state index in [4.69, 9.17) is 4.74 Å².